The third-order valence-electron chi connectivity index (χ3n) is 5.11. The minimum Gasteiger partial charge on any atom is -0.458 e. The number of nitrogens with one attached hydrogen (secondary N) is 2. The van der Waals surface area contributed by atoms with Gasteiger partial charge in [0.15, 0.2) is 5.76 Å². The molecular formula is C20H21N5O. The molecule has 4 heterocycles. The van der Waals surface area contributed by atoms with Crippen molar-refractivity contribution in [2.75, 3.05) is 13.1 Å². The van der Waals surface area contributed by atoms with Gasteiger partial charge >= 0.3 is 0 Å². The van der Waals surface area contributed by atoms with Crippen LogP contribution in [0.3, 0.4) is 0 Å². The highest BCUT2D eigenvalue weighted by Gasteiger charge is 2.24. The first-order chi connectivity index (χ1) is 12.8. The molecule has 1 aliphatic heterocycles. The van der Waals surface area contributed by atoms with Gasteiger partial charge in [-0.2, -0.15) is 5.10 Å². The highest BCUT2D eigenvalue weighted by Crippen LogP contribution is 2.28. The van der Waals surface area contributed by atoms with Crippen molar-refractivity contribution in [3.63, 3.8) is 0 Å². The molecule has 1 aromatic carbocycles. The van der Waals surface area contributed by atoms with Gasteiger partial charge in [0.2, 0.25) is 0 Å². The quantitative estimate of drug-likeness (QED) is 0.587. The van der Waals surface area contributed by atoms with E-state index in [1.165, 1.54) is 12.8 Å². The Balaban J connectivity index is 1.30. The lowest BCUT2D eigenvalue weighted by Gasteiger charge is -2.31. The molecule has 1 aliphatic rings. The topological polar surface area (TPSA) is 73.7 Å². The van der Waals surface area contributed by atoms with E-state index in [-0.39, 0.29) is 0 Å². The van der Waals surface area contributed by atoms with Crippen molar-refractivity contribution in [3.05, 3.63) is 60.2 Å². The van der Waals surface area contributed by atoms with Crippen LogP contribution >= 0.6 is 0 Å². The van der Waals surface area contributed by atoms with Crippen LogP contribution in [-0.2, 0) is 6.54 Å². The smallest absolute Gasteiger partial charge is 0.152 e. The zero-order chi connectivity index (χ0) is 17.3. The first kappa shape index (κ1) is 15.4. The summed E-state index contributed by atoms with van der Waals surface area (Å²) < 4.78 is 5.98. The zero-order valence-electron chi connectivity index (χ0n) is 14.5. The molecule has 132 valence electrons. The molecule has 1 unspecified atom stereocenters. The molecule has 3 aromatic heterocycles. The van der Waals surface area contributed by atoms with E-state index in [1.54, 1.807) is 6.20 Å². The summed E-state index contributed by atoms with van der Waals surface area (Å²) in [5.74, 6) is 3.37. The van der Waals surface area contributed by atoms with Crippen molar-refractivity contribution in [2.24, 2.45) is 0 Å². The fourth-order valence-electron chi connectivity index (χ4n) is 3.81. The van der Waals surface area contributed by atoms with Gasteiger partial charge in [-0.3, -0.25) is 10.00 Å². The largest absolute Gasteiger partial charge is 0.458 e. The van der Waals surface area contributed by atoms with Crippen molar-refractivity contribution in [2.45, 2.75) is 25.3 Å². The van der Waals surface area contributed by atoms with Gasteiger partial charge in [0.05, 0.1) is 17.6 Å². The standard InChI is InChI=1S/C20H21N5O/c1-2-6-17-16(5-1)22-20(23-17)14-4-3-11-25(12-14)13-15-7-8-19(26-15)18-9-10-21-24-18/h1-2,5-10,14H,3-4,11-13H2,(H,21,24)(H,22,23). The molecule has 0 radical (unpaired) electrons. The van der Waals surface area contributed by atoms with Gasteiger partial charge < -0.3 is 9.40 Å². The molecule has 5 rings (SSSR count). The number of nitrogens with zero attached hydrogens (tertiary/aromatic N) is 3. The van der Waals surface area contributed by atoms with E-state index in [9.17, 15) is 0 Å². The highest BCUT2D eigenvalue weighted by molar-refractivity contribution is 5.74. The number of hydrogen-bond donors (Lipinski definition) is 2. The maximum absolute atomic E-state index is 5.98. The second-order valence-electron chi connectivity index (χ2n) is 6.95. The van der Waals surface area contributed by atoms with Crippen molar-refractivity contribution >= 4 is 11.0 Å². The van der Waals surface area contributed by atoms with E-state index < -0.39 is 0 Å². The van der Waals surface area contributed by atoms with Crippen LogP contribution in [-0.4, -0.2) is 38.2 Å². The van der Waals surface area contributed by atoms with Crippen LogP contribution in [0, 0.1) is 0 Å². The van der Waals surface area contributed by atoms with Gasteiger partial charge in [0.25, 0.3) is 0 Å². The second-order valence-corrected chi connectivity index (χ2v) is 6.95. The predicted octanol–water partition coefficient (Wildman–Crippen LogP) is 3.93. The fourth-order valence-corrected chi connectivity index (χ4v) is 3.81. The molecule has 1 saturated heterocycles. The number of piperidine rings is 1. The van der Waals surface area contributed by atoms with Crippen molar-refractivity contribution in [3.8, 4) is 11.5 Å². The Bertz CT molecular complexity index is 967. The number of benzene rings is 1. The molecule has 0 spiro atoms. The van der Waals surface area contributed by atoms with Crippen LogP contribution in [0.15, 0.2) is 53.1 Å². The van der Waals surface area contributed by atoms with Crippen LogP contribution in [0.4, 0.5) is 0 Å². The number of aromatic amines is 2. The third kappa shape index (κ3) is 2.93. The summed E-state index contributed by atoms with van der Waals surface area (Å²) >= 11 is 0. The molecule has 1 fully saturated rings. The molecule has 4 aromatic rings. The monoisotopic (exact) mass is 347 g/mol. The van der Waals surface area contributed by atoms with Gasteiger partial charge in [-0.05, 0) is 49.7 Å². The Morgan fingerprint density at radius 3 is 3.00 bits per heavy atom. The summed E-state index contributed by atoms with van der Waals surface area (Å²) in [5, 5.41) is 6.92. The van der Waals surface area contributed by atoms with Crippen molar-refractivity contribution in [1.29, 1.82) is 0 Å². The van der Waals surface area contributed by atoms with E-state index in [4.69, 9.17) is 9.40 Å². The maximum atomic E-state index is 5.98. The number of rotatable bonds is 4. The third-order valence-corrected chi connectivity index (χ3v) is 5.11. The van der Waals surface area contributed by atoms with E-state index in [0.29, 0.717) is 5.92 Å². The summed E-state index contributed by atoms with van der Waals surface area (Å²) in [6.07, 6.45) is 4.09. The average molecular weight is 347 g/mol. The Hall–Kier alpha value is -2.86. The Morgan fingerprint density at radius 2 is 2.12 bits per heavy atom. The lowest BCUT2D eigenvalue weighted by Crippen LogP contribution is -2.34. The van der Waals surface area contributed by atoms with E-state index in [0.717, 1.165) is 53.7 Å². The van der Waals surface area contributed by atoms with E-state index >= 15 is 0 Å². The number of imidazole rings is 1. The first-order valence-corrected chi connectivity index (χ1v) is 9.10. The molecule has 6 heteroatoms. The minimum absolute atomic E-state index is 0.443. The van der Waals surface area contributed by atoms with Gasteiger partial charge in [0.1, 0.15) is 17.3 Å². The number of hydrogen-bond acceptors (Lipinski definition) is 4. The van der Waals surface area contributed by atoms with E-state index in [2.05, 4.69) is 38.3 Å². The molecule has 1 atom stereocenters. The molecular weight excluding hydrogens is 326 g/mol. The van der Waals surface area contributed by atoms with Gasteiger partial charge in [-0.25, -0.2) is 4.98 Å². The number of fused-ring (bicyclic) bond motifs is 1. The second kappa shape index (κ2) is 6.46. The summed E-state index contributed by atoms with van der Waals surface area (Å²) in [6.45, 7) is 2.92. The molecule has 0 amide bonds. The molecule has 0 saturated carbocycles. The van der Waals surface area contributed by atoms with Crippen LogP contribution in [0.25, 0.3) is 22.5 Å². The number of para-hydroxylation sites is 2. The predicted molar refractivity (Wildman–Crippen MR) is 99.6 cm³/mol. The normalized spacial score (nSPS) is 18.5. The number of furan rings is 1. The van der Waals surface area contributed by atoms with Crippen LogP contribution in [0.5, 0.6) is 0 Å². The SMILES string of the molecule is c1ccc2[nH]c(C3CCCN(Cc4ccc(-c5ccn[nH]5)o4)C3)nc2c1. The Labute approximate surface area is 151 Å². The Morgan fingerprint density at radius 1 is 1.15 bits per heavy atom. The minimum atomic E-state index is 0.443. The van der Waals surface area contributed by atoms with Crippen molar-refractivity contribution in [1.82, 2.24) is 25.1 Å². The van der Waals surface area contributed by atoms with Crippen LogP contribution < -0.4 is 0 Å². The zero-order valence-corrected chi connectivity index (χ0v) is 14.5. The summed E-state index contributed by atoms with van der Waals surface area (Å²) in [5.41, 5.74) is 3.08. The maximum Gasteiger partial charge on any atom is 0.152 e. The summed E-state index contributed by atoms with van der Waals surface area (Å²) in [4.78, 5) is 10.8. The lowest BCUT2D eigenvalue weighted by molar-refractivity contribution is 0.184. The molecule has 6 nitrogen and oxygen atoms in total. The number of aromatic nitrogens is 4. The summed E-state index contributed by atoms with van der Waals surface area (Å²) in [6, 6.07) is 14.2. The molecule has 0 bridgehead atoms. The van der Waals surface area contributed by atoms with Crippen molar-refractivity contribution < 1.29 is 4.42 Å². The molecule has 2 N–H and O–H groups in total. The molecule has 26 heavy (non-hydrogen) atoms. The molecule has 0 aliphatic carbocycles. The van der Waals surface area contributed by atoms with Crippen LogP contribution in [0.2, 0.25) is 0 Å². The highest BCUT2D eigenvalue weighted by atomic mass is 16.3. The fraction of sp³-hybridized carbons (Fsp3) is 0.300. The first-order valence-electron chi connectivity index (χ1n) is 9.10. The summed E-state index contributed by atoms with van der Waals surface area (Å²) in [7, 11) is 0. The Kier molecular flexibility index (Phi) is 3.83. The van der Waals surface area contributed by atoms with Gasteiger partial charge in [-0.1, -0.05) is 12.1 Å². The lowest BCUT2D eigenvalue weighted by atomic mass is 9.97. The van der Waals surface area contributed by atoms with E-state index in [1.807, 2.05) is 24.3 Å². The van der Waals surface area contributed by atoms with Gasteiger partial charge in [0, 0.05) is 18.7 Å². The number of H-pyrrole nitrogens is 2. The number of likely N-dealkylation sites (tertiary alicyclic amines) is 1. The average Bonchev–Trinajstić information content (AvgIpc) is 3.41. The van der Waals surface area contributed by atoms with Gasteiger partial charge in [-0.15, -0.1) is 0 Å². The van der Waals surface area contributed by atoms with Crippen LogP contribution in [0.1, 0.15) is 30.3 Å².